The van der Waals surface area contributed by atoms with E-state index < -0.39 is 11.7 Å². The van der Waals surface area contributed by atoms with E-state index in [1.54, 1.807) is 17.9 Å². The third kappa shape index (κ3) is 6.25. The average Bonchev–Trinajstić information content (AvgIpc) is 3.35. The van der Waals surface area contributed by atoms with Crippen molar-refractivity contribution in [3.63, 3.8) is 0 Å². The van der Waals surface area contributed by atoms with Crippen molar-refractivity contribution in [1.29, 1.82) is 0 Å². The Kier molecular flexibility index (Phi) is 8.46. The molecule has 1 aromatic heterocycles. The highest BCUT2D eigenvalue weighted by Crippen LogP contribution is 2.23. The SMILES string of the molecule is COc1ccc(N2CCN(CCNC(=O)C(=O)c3cn(CC(=O)N4CCCCC4)c4ccccc34)CC2)cc1. The van der Waals surface area contributed by atoms with Crippen LogP contribution < -0.4 is 15.0 Å². The second-order valence-electron chi connectivity index (χ2n) is 10.2. The van der Waals surface area contributed by atoms with Crippen LogP contribution >= 0.6 is 0 Å². The highest BCUT2D eigenvalue weighted by molar-refractivity contribution is 6.45. The summed E-state index contributed by atoms with van der Waals surface area (Å²) in [4.78, 5) is 45.3. The maximum absolute atomic E-state index is 13.1. The summed E-state index contributed by atoms with van der Waals surface area (Å²) in [6.45, 7) is 6.37. The number of aromatic nitrogens is 1. The van der Waals surface area contributed by atoms with Gasteiger partial charge in [-0.15, -0.1) is 0 Å². The normalized spacial score (nSPS) is 16.3. The van der Waals surface area contributed by atoms with Crippen molar-refractivity contribution < 1.29 is 19.1 Å². The number of anilines is 1. The maximum atomic E-state index is 13.1. The predicted octanol–water partition coefficient (Wildman–Crippen LogP) is 2.78. The van der Waals surface area contributed by atoms with E-state index >= 15 is 0 Å². The third-order valence-corrected chi connectivity index (χ3v) is 7.78. The third-order valence-electron chi connectivity index (χ3n) is 7.78. The summed E-state index contributed by atoms with van der Waals surface area (Å²) in [5.74, 6) is -0.291. The van der Waals surface area contributed by atoms with Crippen molar-refractivity contribution in [2.24, 2.45) is 0 Å². The molecule has 0 unspecified atom stereocenters. The summed E-state index contributed by atoms with van der Waals surface area (Å²) < 4.78 is 7.04. The van der Waals surface area contributed by atoms with Crippen molar-refractivity contribution in [1.82, 2.24) is 19.7 Å². The van der Waals surface area contributed by atoms with Crippen LogP contribution in [0.2, 0.25) is 0 Å². The lowest BCUT2D eigenvalue weighted by Crippen LogP contribution is -2.48. The van der Waals surface area contributed by atoms with Gasteiger partial charge >= 0.3 is 0 Å². The number of ether oxygens (including phenoxy) is 1. The Labute approximate surface area is 229 Å². The molecule has 2 saturated heterocycles. The van der Waals surface area contributed by atoms with Gasteiger partial charge in [-0.3, -0.25) is 19.3 Å². The molecule has 2 aromatic carbocycles. The molecule has 9 heteroatoms. The molecule has 1 N–H and O–H groups in total. The number of hydrogen-bond acceptors (Lipinski definition) is 6. The van der Waals surface area contributed by atoms with Gasteiger partial charge in [0.05, 0.1) is 12.7 Å². The average molecular weight is 532 g/mol. The minimum Gasteiger partial charge on any atom is -0.497 e. The quantitative estimate of drug-likeness (QED) is 0.338. The number of fused-ring (bicyclic) bond motifs is 1. The van der Waals surface area contributed by atoms with Gasteiger partial charge in [0.25, 0.3) is 11.7 Å². The minimum atomic E-state index is -0.614. The molecule has 3 aromatic rings. The smallest absolute Gasteiger partial charge is 0.292 e. The number of ketones is 1. The van der Waals surface area contributed by atoms with Gasteiger partial charge < -0.3 is 24.4 Å². The highest BCUT2D eigenvalue weighted by Gasteiger charge is 2.24. The Hall–Kier alpha value is -3.85. The standard InChI is InChI=1S/C30H37N5O4/c1-39-24-11-9-23(10-12-24)33-19-17-32(18-20-33)16-13-31-30(38)29(37)26-21-35(27-8-4-3-7-25(26)27)22-28(36)34-14-5-2-6-15-34/h3-4,7-12,21H,2,5-6,13-20,22H2,1H3,(H,31,38). The molecule has 0 bridgehead atoms. The summed E-state index contributed by atoms with van der Waals surface area (Å²) in [7, 11) is 1.66. The van der Waals surface area contributed by atoms with Crippen molar-refractivity contribution in [2.45, 2.75) is 25.8 Å². The fourth-order valence-electron chi connectivity index (χ4n) is 5.50. The number of rotatable bonds is 9. The van der Waals surface area contributed by atoms with Gasteiger partial charge in [-0.25, -0.2) is 0 Å². The van der Waals surface area contributed by atoms with E-state index in [9.17, 15) is 14.4 Å². The Morgan fingerprint density at radius 1 is 0.872 bits per heavy atom. The van der Waals surface area contributed by atoms with Crippen molar-refractivity contribution in [2.75, 3.05) is 64.4 Å². The van der Waals surface area contributed by atoms with E-state index in [1.807, 2.05) is 41.3 Å². The van der Waals surface area contributed by atoms with E-state index in [4.69, 9.17) is 4.74 Å². The first-order chi connectivity index (χ1) is 19.0. The number of para-hydroxylation sites is 1. The molecule has 39 heavy (non-hydrogen) atoms. The maximum Gasteiger partial charge on any atom is 0.292 e. The molecule has 2 aliphatic heterocycles. The van der Waals surface area contributed by atoms with Crippen molar-refractivity contribution in [3.8, 4) is 5.75 Å². The second-order valence-corrected chi connectivity index (χ2v) is 10.2. The largest absolute Gasteiger partial charge is 0.497 e. The lowest BCUT2D eigenvalue weighted by molar-refractivity contribution is -0.132. The number of piperidine rings is 1. The van der Waals surface area contributed by atoms with Crippen LogP contribution in [0.5, 0.6) is 5.75 Å². The summed E-state index contributed by atoms with van der Waals surface area (Å²) in [5, 5.41) is 3.50. The Morgan fingerprint density at radius 3 is 2.31 bits per heavy atom. The number of amides is 2. The summed E-state index contributed by atoms with van der Waals surface area (Å²) in [6.07, 6.45) is 4.87. The molecular weight excluding hydrogens is 494 g/mol. The molecule has 5 rings (SSSR count). The van der Waals surface area contributed by atoms with Crippen molar-refractivity contribution >= 4 is 34.2 Å². The van der Waals surface area contributed by atoms with Crippen LogP contribution in [0.4, 0.5) is 5.69 Å². The molecule has 0 aliphatic carbocycles. The van der Waals surface area contributed by atoms with E-state index in [-0.39, 0.29) is 12.5 Å². The molecule has 2 aliphatic rings. The van der Waals surface area contributed by atoms with Gasteiger partial charge in [0.1, 0.15) is 12.3 Å². The number of carbonyl (C=O) groups is 3. The molecule has 206 valence electrons. The summed E-state index contributed by atoms with van der Waals surface area (Å²) in [6, 6.07) is 15.5. The number of benzene rings is 2. The zero-order chi connectivity index (χ0) is 27.2. The first kappa shape index (κ1) is 26.7. The number of methoxy groups -OCH3 is 1. The number of nitrogens with zero attached hydrogens (tertiary/aromatic N) is 4. The van der Waals surface area contributed by atoms with Crippen LogP contribution in [0.25, 0.3) is 10.9 Å². The molecule has 0 spiro atoms. The number of carbonyl (C=O) groups excluding carboxylic acids is 3. The molecule has 0 saturated carbocycles. The summed E-state index contributed by atoms with van der Waals surface area (Å²) in [5.41, 5.74) is 2.29. The molecule has 0 atom stereocenters. The molecule has 9 nitrogen and oxygen atoms in total. The predicted molar refractivity (Wildman–Crippen MR) is 151 cm³/mol. The second kappa shape index (κ2) is 12.3. The van der Waals surface area contributed by atoms with Gasteiger partial charge in [-0.2, -0.15) is 0 Å². The van der Waals surface area contributed by atoms with E-state index in [0.29, 0.717) is 24.0 Å². The number of piperazine rings is 1. The van der Waals surface area contributed by atoms with Crippen LogP contribution in [0.1, 0.15) is 29.6 Å². The van der Waals surface area contributed by atoms with Crippen LogP contribution in [-0.4, -0.2) is 91.4 Å². The molecule has 2 amide bonds. The molecule has 0 radical (unpaired) electrons. The molecular formula is C30H37N5O4. The minimum absolute atomic E-state index is 0.0472. The van der Waals surface area contributed by atoms with Crippen LogP contribution in [-0.2, 0) is 16.1 Å². The first-order valence-electron chi connectivity index (χ1n) is 13.8. The van der Waals surface area contributed by atoms with E-state index in [1.165, 1.54) is 5.69 Å². The number of nitrogens with one attached hydrogen (secondary N) is 1. The lowest BCUT2D eigenvalue weighted by Gasteiger charge is -2.36. The van der Waals surface area contributed by atoms with Crippen LogP contribution in [0.15, 0.2) is 54.7 Å². The number of Topliss-reactive ketones (excluding diaryl/α,β-unsaturated/α-hetero) is 1. The van der Waals surface area contributed by atoms with Gasteiger partial charge in [-0.1, -0.05) is 18.2 Å². The molecule has 2 fully saturated rings. The first-order valence-corrected chi connectivity index (χ1v) is 13.8. The van der Waals surface area contributed by atoms with Gasteiger partial charge in [0, 0.05) is 75.1 Å². The molecule has 3 heterocycles. The van der Waals surface area contributed by atoms with Gasteiger partial charge in [-0.05, 0) is 49.6 Å². The van der Waals surface area contributed by atoms with Crippen LogP contribution in [0, 0.1) is 0 Å². The zero-order valence-electron chi connectivity index (χ0n) is 22.6. The van der Waals surface area contributed by atoms with Gasteiger partial charge in [0.15, 0.2) is 0 Å². The van der Waals surface area contributed by atoms with E-state index in [0.717, 1.165) is 69.8 Å². The summed E-state index contributed by atoms with van der Waals surface area (Å²) >= 11 is 0. The monoisotopic (exact) mass is 531 g/mol. The zero-order valence-corrected chi connectivity index (χ0v) is 22.6. The number of hydrogen-bond donors (Lipinski definition) is 1. The fourth-order valence-corrected chi connectivity index (χ4v) is 5.50. The van der Waals surface area contributed by atoms with E-state index in [2.05, 4.69) is 27.2 Å². The Morgan fingerprint density at radius 2 is 1.59 bits per heavy atom. The van der Waals surface area contributed by atoms with Crippen molar-refractivity contribution in [3.05, 3.63) is 60.3 Å². The Balaban J connectivity index is 1.14. The highest BCUT2D eigenvalue weighted by atomic mass is 16.5. The topological polar surface area (TPSA) is 87.1 Å². The Bertz CT molecular complexity index is 1300. The van der Waals surface area contributed by atoms with Crippen LogP contribution in [0.3, 0.4) is 0 Å². The number of likely N-dealkylation sites (tertiary alicyclic amines) is 1. The van der Waals surface area contributed by atoms with Gasteiger partial charge in [0.2, 0.25) is 5.91 Å². The fraction of sp³-hybridized carbons (Fsp3) is 0.433. The lowest BCUT2D eigenvalue weighted by atomic mass is 10.1.